The Morgan fingerprint density at radius 2 is 1.84 bits per heavy atom. The van der Waals surface area contributed by atoms with E-state index in [2.05, 4.69) is 46.8 Å². The van der Waals surface area contributed by atoms with E-state index >= 15 is 0 Å². The fourth-order valence-corrected chi connectivity index (χ4v) is 6.61. The van der Waals surface area contributed by atoms with Crippen LogP contribution in [0.25, 0.3) is 0 Å². The number of aryl methyl sites for hydroxylation is 1. The highest BCUT2D eigenvalue weighted by atomic mass is 16.5. The van der Waals surface area contributed by atoms with E-state index in [4.69, 9.17) is 14.5 Å². The number of carbonyl (C=O) groups excluding carboxylic acids is 1. The van der Waals surface area contributed by atoms with Crippen molar-refractivity contribution in [1.82, 2.24) is 14.8 Å². The van der Waals surface area contributed by atoms with Gasteiger partial charge in [-0.15, -0.1) is 0 Å². The van der Waals surface area contributed by atoms with Crippen molar-refractivity contribution in [2.24, 2.45) is 0 Å². The monoisotopic (exact) mass is 517 g/mol. The van der Waals surface area contributed by atoms with Gasteiger partial charge in [0.05, 0.1) is 24.5 Å². The first-order valence-corrected chi connectivity index (χ1v) is 14.1. The van der Waals surface area contributed by atoms with Gasteiger partial charge in [-0.05, 0) is 81.0 Å². The minimum atomic E-state index is 0.0634. The SMILES string of the molecule is C=CC(=O)N1CCC(N2CCC(c3cc(C)c4c(c3)Nc3nccc(N5CCOCC5)c3CO4)CC2)CC1. The van der Waals surface area contributed by atoms with E-state index in [0.29, 0.717) is 18.6 Å². The number of piperidine rings is 2. The van der Waals surface area contributed by atoms with Crippen LogP contribution in [0.4, 0.5) is 17.2 Å². The van der Waals surface area contributed by atoms with Crippen molar-refractivity contribution in [3.05, 3.63) is 53.7 Å². The van der Waals surface area contributed by atoms with Gasteiger partial charge in [0.2, 0.25) is 5.91 Å². The quantitative estimate of drug-likeness (QED) is 0.609. The number of aromatic nitrogens is 1. The molecule has 1 aromatic carbocycles. The van der Waals surface area contributed by atoms with Crippen molar-refractivity contribution in [2.45, 2.75) is 51.2 Å². The average Bonchev–Trinajstić information content (AvgIpc) is 3.17. The summed E-state index contributed by atoms with van der Waals surface area (Å²) in [6.45, 7) is 13.5. The number of nitrogens with zero attached hydrogens (tertiary/aromatic N) is 4. The molecule has 8 heteroatoms. The number of morpholine rings is 1. The maximum Gasteiger partial charge on any atom is 0.245 e. The molecular formula is C30H39N5O3. The lowest BCUT2D eigenvalue weighted by Gasteiger charge is -2.41. The Balaban J connectivity index is 1.14. The fourth-order valence-electron chi connectivity index (χ4n) is 6.61. The van der Waals surface area contributed by atoms with Crippen molar-refractivity contribution in [3.8, 4) is 5.75 Å². The first-order valence-electron chi connectivity index (χ1n) is 14.1. The Hall–Kier alpha value is -3.10. The van der Waals surface area contributed by atoms with Crippen LogP contribution in [0, 0.1) is 6.92 Å². The summed E-state index contributed by atoms with van der Waals surface area (Å²) >= 11 is 0. The van der Waals surface area contributed by atoms with Gasteiger partial charge in [0.1, 0.15) is 18.2 Å². The first-order chi connectivity index (χ1) is 18.6. The lowest BCUT2D eigenvalue weighted by Crippen LogP contribution is -2.48. The fraction of sp³-hybridized carbons (Fsp3) is 0.533. The number of likely N-dealkylation sites (tertiary alicyclic amines) is 2. The highest BCUT2D eigenvalue weighted by Crippen LogP contribution is 2.42. The van der Waals surface area contributed by atoms with Gasteiger partial charge in [0, 0.05) is 44.1 Å². The van der Waals surface area contributed by atoms with Crippen LogP contribution in [0.3, 0.4) is 0 Å². The van der Waals surface area contributed by atoms with Crippen molar-refractivity contribution in [1.29, 1.82) is 0 Å². The number of amides is 1. The summed E-state index contributed by atoms with van der Waals surface area (Å²) in [5.74, 6) is 2.42. The minimum absolute atomic E-state index is 0.0634. The largest absolute Gasteiger partial charge is 0.486 e. The van der Waals surface area contributed by atoms with Crippen LogP contribution in [-0.2, 0) is 16.1 Å². The van der Waals surface area contributed by atoms with Crippen LogP contribution in [0.15, 0.2) is 37.1 Å². The molecular weight excluding hydrogens is 478 g/mol. The second-order valence-corrected chi connectivity index (χ2v) is 11.0. The Labute approximate surface area is 225 Å². The zero-order valence-electron chi connectivity index (χ0n) is 22.5. The van der Waals surface area contributed by atoms with E-state index in [1.807, 2.05) is 11.1 Å². The summed E-state index contributed by atoms with van der Waals surface area (Å²) in [4.78, 5) is 23.6. The van der Waals surface area contributed by atoms with Crippen molar-refractivity contribution in [3.63, 3.8) is 0 Å². The van der Waals surface area contributed by atoms with Crippen molar-refractivity contribution >= 4 is 23.1 Å². The van der Waals surface area contributed by atoms with Crippen LogP contribution < -0.4 is 15.0 Å². The molecule has 0 bridgehead atoms. The van der Waals surface area contributed by atoms with Crippen LogP contribution in [0.5, 0.6) is 5.75 Å². The number of fused-ring (bicyclic) bond motifs is 2. The lowest BCUT2D eigenvalue weighted by molar-refractivity contribution is -0.127. The summed E-state index contributed by atoms with van der Waals surface area (Å²) in [7, 11) is 0. The highest BCUT2D eigenvalue weighted by Gasteiger charge is 2.30. The molecule has 5 heterocycles. The smallest absolute Gasteiger partial charge is 0.245 e. The number of pyridine rings is 1. The number of ether oxygens (including phenoxy) is 2. The van der Waals surface area contributed by atoms with E-state index in [0.717, 1.165) is 101 Å². The van der Waals surface area contributed by atoms with Crippen molar-refractivity contribution < 1.29 is 14.3 Å². The standard InChI is InChI=1S/C30H39N5O3/c1-3-28(36)35-12-7-24(8-13-35)33-10-5-22(6-11-33)23-18-21(2)29-26(19-23)32-30-25(20-38-29)27(4-9-31-30)34-14-16-37-17-15-34/h3-4,9,18-19,22,24H,1,5-8,10-17,20H2,2H3,(H,31,32). The Morgan fingerprint density at radius 1 is 1.08 bits per heavy atom. The molecule has 1 amide bonds. The van der Waals surface area contributed by atoms with Gasteiger partial charge in [-0.25, -0.2) is 4.98 Å². The molecule has 8 nitrogen and oxygen atoms in total. The molecule has 38 heavy (non-hydrogen) atoms. The van der Waals surface area contributed by atoms with Gasteiger partial charge < -0.3 is 29.5 Å². The third-order valence-corrected chi connectivity index (χ3v) is 8.76. The topological polar surface area (TPSA) is 70.2 Å². The van der Waals surface area contributed by atoms with Crippen LogP contribution in [0.1, 0.15) is 48.3 Å². The zero-order chi connectivity index (χ0) is 26.1. The number of anilines is 3. The van der Waals surface area contributed by atoms with Crippen molar-refractivity contribution in [2.75, 3.05) is 62.7 Å². The summed E-state index contributed by atoms with van der Waals surface area (Å²) < 4.78 is 12.0. The van der Waals surface area contributed by atoms with E-state index < -0.39 is 0 Å². The van der Waals surface area contributed by atoms with Crippen LogP contribution in [0.2, 0.25) is 0 Å². The number of carbonyl (C=O) groups is 1. The average molecular weight is 518 g/mol. The minimum Gasteiger partial charge on any atom is -0.486 e. The Morgan fingerprint density at radius 3 is 2.58 bits per heavy atom. The number of benzene rings is 1. The summed E-state index contributed by atoms with van der Waals surface area (Å²) in [5.41, 5.74) is 5.87. The molecule has 4 aliphatic rings. The molecule has 6 rings (SSSR count). The zero-order valence-corrected chi connectivity index (χ0v) is 22.5. The van der Waals surface area contributed by atoms with Gasteiger partial charge in [-0.1, -0.05) is 12.6 Å². The first kappa shape index (κ1) is 25.2. The molecule has 0 radical (unpaired) electrons. The molecule has 1 N–H and O–H groups in total. The molecule has 0 unspecified atom stereocenters. The molecule has 0 spiro atoms. The van der Waals surface area contributed by atoms with E-state index in [1.54, 1.807) is 0 Å². The molecule has 202 valence electrons. The highest BCUT2D eigenvalue weighted by molar-refractivity contribution is 5.87. The second-order valence-electron chi connectivity index (χ2n) is 11.0. The van der Waals surface area contributed by atoms with Crippen LogP contribution in [-0.4, -0.2) is 79.2 Å². The predicted octanol–water partition coefficient (Wildman–Crippen LogP) is 4.22. The van der Waals surface area contributed by atoms with E-state index in [1.165, 1.54) is 22.9 Å². The van der Waals surface area contributed by atoms with Crippen LogP contribution >= 0.6 is 0 Å². The van der Waals surface area contributed by atoms with Gasteiger partial charge in [-0.2, -0.15) is 0 Å². The molecule has 0 atom stereocenters. The number of rotatable bonds is 4. The van der Waals surface area contributed by atoms with E-state index in [9.17, 15) is 4.79 Å². The lowest BCUT2D eigenvalue weighted by atomic mass is 9.87. The Bertz CT molecular complexity index is 1180. The third-order valence-electron chi connectivity index (χ3n) is 8.76. The van der Waals surface area contributed by atoms with Gasteiger partial charge in [-0.3, -0.25) is 4.79 Å². The maximum atomic E-state index is 11.9. The normalized spacial score (nSPS) is 21.1. The molecule has 0 saturated carbocycles. The summed E-state index contributed by atoms with van der Waals surface area (Å²) in [6, 6.07) is 7.29. The molecule has 3 saturated heterocycles. The Kier molecular flexibility index (Phi) is 7.26. The summed E-state index contributed by atoms with van der Waals surface area (Å²) in [5, 5.41) is 3.64. The number of hydrogen-bond donors (Lipinski definition) is 1. The number of nitrogens with one attached hydrogen (secondary N) is 1. The third kappa shape index (κ3) is 4.99. The van der Waals surface area contributed by atoms with Gasteiger partial charge in [0.25, 0.3) is 0 Å². The molecule has 4 aliphatic heterocycles. The van der Waals surface area contributed by atoms with E-state index in [-0.39, 0.29) is 5.91 Å². The second kappa shape index (κ2) is 10.9. The molecule has 1 aromatic heterocycles. The molecule has 2 aromatic rings. The predicted molar refractivity (Wildman–Crippen MR) is 149 cm³/mol. The number of hydrogen-bond acceptors (Lipinski definition) is 7. The maximum absolute atomic E-state index is 11.9. The molecule has 0 aliphatic carbocycles. The summed E-state index contributed by atoms with van der Waals surface area (Å²) in [6.07, 6.45) is 7.75. The van der Waals surface area contributed by atoms with Gasteiger partial charge >= 0.3 is 0 Å². The van der Waals surface area contributed by atoms with Gasteiger partial charge in [0.15, 0.2) is 0 Å². The molecule has 3 fully saturated rings.